The Kier molecular flexibility index (Phi) is 4.21. The fourth-order valence-electron chi connectivity index (χ4n) is 4.30. The summed E-state index contributed by atoms with van der Waals surface area (Å²) < 4.78 is 2.23. The number of fused-ring (bicyclic) bond motifs is 3. The molecule has 1 aromatic heterocycles. The first-order chi connectivity index (χ1) is 13.8. The van der Waals surface area contributed by atoms with Crippen molar-refractivity contribution >= 4 is 22.5 Å². The van der Waals surface area contributed by atoms with Crippen molar-refractivity contribution in [2.45, 2.75) is 19.4 Å². The van der Waals surface area contributed by atoms with Crippen LogP contribution in [0.25, 0.3) is 10.9 Å². The molecular formula is C25H22N2O. The van der Waals surface area contributed by atoms with E-state index in [1.165, 1.54) is 16.5 Å². The number of aryl methyl sites for hydroxylation is 2. The lowest BCUT2D eigenvalue weighted by Crippen LogP contribution is -2.38. The highest BCUT2D eigenvalue weighted by Gasteiger charge is 2.31. The highest BCUT2D eigenvalue weighted by atomic mass is 16.2. The van der Waals surface area contributed by atoms with Gasteiger partial charge in [0, 0.05) is 29.7 Å². The van der Waals surface area contributed by atoms with Gasteiger partial charge in [-0.15, -0.1) is 0 Å². The SMILES string of the molecule is O=C1c2c(c3ccccc3n2CCc2ccccc2)CCN1c1ccccc1. The number of amides is 1. The average Bonchev–Trinajstić information content (AvgIpc) is 3.08. The lowest BCUT2D eigenvalue weighted by Gasteiger charge is -2.28. The van der Waals surface area contributed by atoms with Gasteiger partial charge >= 0.3 is 0 Å². The summed E-state index contributed by atoms with van der Waals surface area (Å²) in [6.45, 7) is 1.52. The van der Waals surface area contributed by atoms with Crippen LogP contribution in [-0.4, -0.2) is 17.0 Å². The van der Waals surface area contributed by atoms with E-state index in [0.717, 1.165) is 42.8 Å². The van der Waals surface area contributed by atoms with Gasteiger partial charge in [0.25, 0.3) is 5.91 Å². The van der Waals surface area contributed by atoms with E-state index in [-0.39, 0.29) is 5.91 Å². The minimum absolute atomic E-state index is 0.108. The lowest BCUT2D eigenvalue weighted by atomic mass is 10.0. The second kappa shape index (κ2) is 7.01. The van der Waals surface area contributed by atoms with E-state index >= 15 is 0 Å². The van der Waals surface area contributed by atoms with Crippen molar-refractivity contribution in [2.75, 3.05) is 11.4 Å². The van der Waals surface area contributed by atoms with Crippen molar-refractivity contribution in [3.05, 3.63) is 102 Å². The maximum atomic E-state index is 13.5. The molecule has 0 bridgehead atoms. The highest BCUT2D eigenvalue weighted by Crippen LogP contribution is 2.33. The van der Waals surface area contributed by atoms with E-state index in [4.69, 9.17) is 0 Å². The fraction of sp³-hybridized carbons (Fsp3) is 0.160. The van der Waals surface area contributed by atoms with Gasteiger partial charge in [-0.1, -0.05) is 66.7 Å². The van der Waals surface area contributed by atoms with Crippen LogP contribution < -0.4 is 4.90 Å². The van der Waals surface area contributed by atoms with Crippen LogP contribution in [0.4, 0.5) is 5.69 Å². The van der Waals surface area contributed by atoms with Crippen molar-refractivity contribution in [1.29, 1.82) is 0 Å². The summed E-state index contributed by atoms with van der Waals surface area (Å²) >= 11 is 0. The van der Waals surface area contributed by atoms with Gasteiger partial charge in [0.15, 0.2) is 0 Å². The molecule has 1 amide bonds. The summed E-state index contributed by atoms with van der Waals surface area (Å²) in [6, 6.07) is 28.9. The smallest absolute Gasteiger partial charge is 0.275 e. The number of nitrogens with zero attached hydrogens (tertiary/aromatic N) is 2. The monoisotopic (exact) mass is 366 g/mol. The summed E-state index contributed by atoms with van der Waals surface area (Å²) in [5.74, 6) is 0.108. The van der Waals surface area contributed by atoms with Crippen molar-refractivity contribution in [3.63, 3.8) is 0 Å². The Balaban J connectivity index is 1.59. The Bertz CT molecular complexity index is 1130. The second-order valence-electron chi connectivity index (χ2n) is 7.27. The van der Waals surface area contributed by atoms with E-state index in [0.29, 0.717) is 0 Å². The second-order valence-corrected chi connectivity index (χ2v) is 7.27. The minimum Gasteiger partial charge on any atom is -0.336 e. The first-order valence-corrected chi connectivity index (χ1v) is 9.84. The largest absolute Gasteiger partial charge is 0.336 e. The van der Waals surface area contributed by atoms with Gasteiger partial charge in [0.2, 0.25) is 0 Å². The van der Waals surface area contributed by atoms with Gasteiger partial charge in [-0.3, -0.25) is 4.79 Å². The minimum atomic E-state index is 0.108. The summed E-state index contributed by atoms with van der Waals surface area (Å²) in [4.78, 5) is 15.4. The van der Waals surface area contributed by atoms with Crippen LogP contribution in [0.2, 0.25) is 0 Å². The molecule has 0 spiro atoms. The predicted octanol–water partition coefficient (Wildman–Crippen LogP) is 5.09. The van der Waals surface area contributed by atoms with E-state index < -0.39 is 0 Å². The number of aromatic nitrogens is 1. The molecule has 3 aromatic carbocycles. The summed E-state index contributed by atoms with van der Waals surface area (Å²) in [7, 11) is 0. The summed E-state index contributed by atoms with van der Waals surface area (Å²) in [5.41, 5.74) is 5.47. The van der Waals surface area contributed by atoms with Crippen LogP contribution >= 0.6 is 0 Å². The van der Waals surface area contributed by atoms with Gasteiger partial charge in [-0.05, 0) is 42.2 Å². The molecule has 0 unspecified atom stereocenters. The fourth-order valence-corrected chi connectivity index (χ4v) is 4.30. The van der Waals surface area contributed by atoms with Gasteiger partial charge in [0.1, 0.15) is 5.69 Å². The van der Waals surface area contributed by atoms with Gasteiger partial charge < -0.3 is 9.47 Å². The molecule has 0 N–H and O–H groups in total. The number of anilines is 1. The molecule has 0 atom stereocenters. The molecule has 1 aliphatic heterocycles. The molecule has 3 heteroatoms. The van der Waals surface area contributed by atoms with Crippen LogP contribution in [0.3, 0.4) is 0 Å². The molecule has 138 valence electrons. The van der Waals surface area contributed by atoms with Gasteiger partial charge in [0.05, 0.1) is 0 Å². The lowest BCUT2D eigenvalue weighted by molar-refractivity contribution is 0.0972. The molecule has 5 rings (SSSR count). The van der Waals surface area contributed by atoms with Crippen molar-refractivity contribution in [2.24, 2.45) is 0 Å². The zero-order chi connectivity index (χ0) is 18.9. The van der Waals surface area contributed by atoms with Crippen LogP contribution in [0.15, 0.2) is 84.9 Å². The molecule has 0 radical (unpaired) electrons. The normalized spacial score (nSPS) is 13.7. The Morgan fingerprint density at radius 3 is 2.25 bits per heavy atom. The number of hydrogen-bond acceptors (Lipinski definition) is 1. The van der Waals surface area contributed by atoms with Crippen molar-refractivity contribution < 1.29 is 4.79 Å². The maximum Gasteiger partial charge on any atom is 0.275 e. The molecule has 0 saturated heterocycles. The number of hydrogen-bond donors (Lipinski definition) is 0. The number of rotatable bonds is 4. The number of carbonyl (C=O) groups excluding carboxylic acids is 1. The van der Waals surface area contributed by atoms with E-state index in [2.05, 4.69) is 53.1 Å². The molecule has 3 nitrogen and oxygen atoms in total. The van der Waals surface area contributed by atoms with Crippen LogP contribution in [0, 0.1) is 0 Å². The molecule has 4 aromatic rings. The average molecular weight is 366 g/mol. The van der Waals surface area contributed by atoms with E-state index in [1.807, 2.05) is 41.3 Å². The first kappa shape index (κ1) is 16.8. The Morgan fingerprint density at radius 1 is 0.786 bits per heavy atom. The molecule has 0 saturated carbocycles. The van der Waals surface area contributed by atoms with Crippen molar-refractivity contribution in [1.82, 2.24) is 4.57 Å². The zero-order valence-corrected chi connectivity index (χ0v) is 15.7. The number of para-hydroxylation sites is 2. The highest BCUT2D eigenvalue weighted by molar-refractivity contribution is 6.11. The quantitative estimate of drug-likeness (QED) is 0.494. The summed E-state index contributed by atoms with van der Waals surface area (Å²) in [5, 5.41) is 1.21. The van der Waals surface area contributed by atoms with Crippen LogP contribution in [0.1, 0.15) is 21.6 Å². The number of carbonyl (C=O) groups is 1. The van der Waals surface area contributed by atoms with Gasteiger partial charge in [-0.25, -0.2) is 0 Å². The van der Waals surface area contributed by atoms with Crippen LogP contribution in [0.5, 0.6) is 0 Å². The Labute approximate surface area is 164 Å². The number of benzene rings is 3. The third kappa shape index (κ3) is 2.80. The first-order valence-electron chi connectivity index (χ1n) is 9.84. The molecule has 0 aliphatic carbocycles. The molecule has 1 aliphatic rings. The third-order valence-electron chi connectivity index (χ3n) is 5.64. The summed E-state index contributed by atoms with van der Waals surface area (Å²) in [6.07, 6.45) is 1.79. The van der Waals surface area contributed by atoms with Gasteiger partial charge in [-0.2, -0.15) is 0 Å². The molecular weight excluding hydrogens is 344 g/mol. The molecule has 2 heterocycles. The Hall–Kier alpha value is -3.33. The molecule has 28 heavy (non-hydrogen) atoms. The molecule has 0 fully saturated rings. The predicted molar refractivity (Wildman–Crippen MR) is 114 cm³/mol. The topological polar surface area (TPSA) is 25.2 Å². The van der Waals surface area contributed by atoms with E-state index in [1.54, 1.807) is 0 Å². The standard InChI is InChI=1S/C25H22N2O/c28-25-24-22(16-18-26(25)20-11-5-2-6-12-20)21-13-7-8-14-23(21)27(24)17-15-19-9-3-1-4-10-19/h1-14H,15-18H2. The maximum absolute atomic E-state index is 13.5. The van der Waals surface area contributed by atoms with Crippen LogP contribution in [-0.2, 0) is 19.4 Å². The van der Waals surface area contributed by atoms with E-state index in [9.17, 15) is 4.79 Å². The third-order valence-corrected chi connectivity index (χ3v) is 5.64. The Morgan fingerprint density at radius 2 is 1.46 bits per heavy atom. The zero-order valence-electron chi connectivity index (χ0n) is 15.7. The van der Waals surface area contributed by atoms with Crippen molar-refractivity contribution in [3.8, 4) is 0 Å².